The van der Waals surface area contributed by atoms with Crippen LogP contribution in [-0.2, 0) is 16.1 Å². The van der Waals surface area contributed by atoms with Gasteiger partial charge in [0.1, 0.15) is 0 Å². The Balaban J connectivity index is 1.88. The van der Waals surface area contributed by atoms with Gasteiger partial charge in [0.25, 0.3) is 0 Å². The summed E-state index contributed by atoms with van der Waals surface area (Å²) in [6, 6.07) is 3.91. The first-order valence-electron chi connectivity index (χ1n) is 9.38. The molecule has 7 nitrogen and oxygen atoms in total. The Kier molecular flexibility index (Phi) is 8.18. The molecule has 0 amide bonds. The Morgan fingerprint density at radius 2 is 2.15 bits per heavy atom. The molecule has 2 heterocycles. The lowest BCUT2D eigenvalue weighted by Gasteiger charge is -2.33. The van der Waals surface area contributed by atoms with E-state index in [2.05, 4.69) is 27.1 Å². The summed E-state index contributed by atoms with van der Waals surface area (Å²) in [6.45, 7) is 7.18. The van der Waals surface area contributed by atoms with Crippen molar-refractivity contribution < 1.29 is 14.3 Å². The molecular formula is C19H30N4O3. The molecule has 1 fully saturated rings. The molecule has 7 heteroatoms. The number of hydrogen-bond donors (Lipinski definition) is 1. The highest BCUT2D eigenvalue weighted by atomic mass is 16.5. The van der Waals surface area contributed by atoms with Crippen molar-refractivity contribution in [2.24, 2.45) is 10.9 Å². The molecule has 144 valence electrons. The Labute approximate surface area is 155 Å². The van der Waals surface area contributed by atoms with Crippen LogP contribution in [0, 0.1) is 5.92 Å². The average molecular weight is 362 g/mol. The van der Waals surface area contributed by atoms with E-state index in [1.54, 1.807) is 13.2 Å². The number of piperidine rings is 1. The minimum atomic E-state index is -0.0804. The molecular weight excluding hydrogens is 332 g/mol. The van der Waals surface area contributed by atoms with E-state index in [9.17, 15) is 4.79 Å². The van der Waals surface area contributed by atoms with Crippen LogP contribution in [0.25, 0.3) is 0 Å². The molecule has 0 bridgehead atoms. The van der Waals surface area contributed by atoms with Crippen LogP contribution >= 0.6 is 0 Å². The van der Waals surface area contributed by atoms with Crippen molar-refractivity contribution in [3.8, 4) is 5.88 Å². The number of aromatic nitrogens is 1. The fraction of sp³-hybridized carbons (Fsp3) is 0.632. The molecule has 1 aliphatic heterocycles. The number of likely N-dealkylation sites (tertiary alicyclic amines) is 1. The highest BCUT2D eigenvalue weighted by Crippen LogP contribution is 2.19. The zero-order chi connectivity index (χ0) is 18.8. The van der Waals surface area contributed by atoms with Crippen LogP contribution in [0.2, 0.25) is 0 Å². The maximum absolute atomic E-state index is 11.9. The van der Waals surface area contributed by atoms with E-state index in [-0.39, 0.29) is 11.9 Å². The number of esters is 1. The fourth-order valence-electron chi connectivity index (χ4n) is 2.98. The normalized spacial score (nSPS) is 15.7. The molecule has 1 N–H and O–H groups in total. The monoisotopic (exact) mass is 362 g/mol. The molecule has 0 saturated carbocycles. The van der Waals surface area contributed by atoms with Gasteiger partial charge in [-0.2, -0.15) is 0 Å². The van der Waals surface area contributed by atoms with Gasteiger partial charge in [-0.05, 0) is 32.3 Å². The zero-order valence-electron chi connectivity index (χ0n) is 16.0. The maximum atomic E-state index is 11.9. The number of aliphatic imine (C=N–C) groups is 1. The number of carbonyl (C=O) groups is 1. The van der Waals surface area contributed by atoms with E-state index in [1.165, 1.54) is 0 Å². The lowest BCUT2D eigenvalue weighted by atomic mass is 9.97. The van der Waals surface area contributed by atoms with Crippen LogP contribution in [0.4, 0.5) is 0 Å². The second kappa shape index (κ2) is 10.6. The Morgan fingerprint density at radius 1 is 1.38 bits per heavy atom. The topological polar surface area (TPSA) is 76.0 Å². The van der Waals surface area contributed by atoms with E-state index in [1.807, 2.05) is 19.1 Å². The number of ether oxygens (including phenoxy) is 2. The third-order valence-electron chi connectivity index (χ3n) is 4.36. The largest absolute Gasteiger partial charge is 0.477 e. The van der Waals surface area contributed by atoms with E-state index in [4.69, 9.17) is 9.47 Å². The summed E-state index contributed by atoms with van der Waals surface area (Å²) in [6.07, 6.45) is 4.26. The second-order valence-corrected chi connectivity index (χ2v) is 6.23. The Hall–Kier alpha value is -2.31. The van der Waals surface area contributed by atoms with E-state index in [0.29, 0.717) is 25.6 Å². The van der Waals surface area contributed by atoms with Crippen molar-refractivity contribution in [3.05, 3.63) is 23.9 Å². The van der Waals surface area contributed by atoms with Crippen LogP contribution in [0.15, 0.2) is 23.3 Å². The highest BCUT2D eigenvalue weighted by Gasteiger charge is 2.27. The zero-order valence-corrected chi connectivity index (χ0v) is 16.0. The molecule has 2 rings (SSSR count). The van der Waals surface area contributed by atoms with Crippen LogP contribution in [0.1, 0.15) is 38.7 Å². The van der Waals surface area contributed by atoms with Gasteiger partial charge in [-0.15, -0.1) is 0 Å². The SMILES string of the molecule is CCCOc1ncccc1CNC(=NC)N1CCC(C(=O)OCC)CC1. The molecule has 0 aliphatic carbocycles. The first-order chi connectivity index (χ1) is 12.7. The van der Waals surface area contributed by atoms with Gasteiger partial charge in [-0.25, -0.2) is 4.98 Å². The lowest BCUT2D eigenvalue weighted by Crippen LogP contribution is -2.46. The number of carbonyl (C=O) groups excluding carboxylic acids is 1. The van der Waals surface area contributed by atoms with Gasteiger partial charge in [0.05, 0.1) is 19.1 Å². The first kappa shape index (κ1) is 20.0. The molecule has 0 atom stereocenters. The second-order valence-electron chi connectivity index (χ2n) is 6.23. The van der Waals surface area contributed by atoms with Crippen molar-refractivity contribution in [2.45, 2.75) is 39.7 Å². The molecule has 0 aromatic carbocycles. The smallest absolute Gasteiger partial charge is 0.309 e. The van der Waals surface area contributed by atoms with E-state index < -0.39 is 0 Å². The van der Waals surface area contributed by atoms with Crippen molar-refractivity contribution in [1.82, 2.24) is 15.2 Å². The number of hydrogen-bond acceptors (Lipinski definition) is 5. The molecule has 1 saturated heterocycles. The number of nitrogens with zero attached hydrogens (tertiary/aromatic N) is 3. The van der Waals surface area contributed by atoms with Crippen LogP contribution < -0.4 is 10.1 Å². The van der Waals surface area contributed by atoms with Gasteiger partial charge in [-0.3, -0.25) is 9.79 Å². The summed E-state index contributed by atoms with van der Waals surface area (Å²) in [4.78, 5) is 22.7. The van der Waals surface area contributed by atoms with Gasteiger partial charge in [0.2, 0.25) is 5.88 Å². The third kappa shape index (κ3) is 5.61. The molecule has 1 aromatic rings. The summed E-state index contributed by atoms with van der Waals surface area (Å²) in [5, 5.41) is 3.38. The van der Waals surface area contributed by atoms with Crippen molar-refractivity contribution >= 4 is 11.9 Å². The molecule has 0 unspecified atom stereocenters. The lowest BCUT2D eigenvalue weighted by molar-refractivity contribution is -0.149. The summed E-state index contributed by atoms with van der Waals surface area (Å²) in [5.74, 6) is 1.41. The van der Waals surface area contributed by atoms with Gasteiger partial charge in [-0.1, -0.05) is 13.0 Å². The maximum Gasteiger partial charge on any atom is 0.309 e. The minimum Gasteiger partial charge on any atom is -0.477 e. The Morgan fingerprint density at radius 3 is 2.81 bits per heavy atom. The minimum absolute atomic E-state index is 0.00308. The van der Waals surface area contributed by atoms with Crippen LogP contribution in [-0.4, -0.2) is 55.2 Å². The molecule has 1 aromatic heterocycles. The Bertz CT molecular complexity index is 598. The summed E-state index contributed by atoms with van der Waals surface area (Å²) in [5.41, 5.74) is 1.00. The van der Waals surface area contributed by atoms with Gasteiger partial charge < -0.3 is 19.7 Å². The molecule has 0 radical (unpaired) electrons. The van der Waals surface area contributed by atoms with E-state index >= 15 is 0 Å². The predicted octanol–water partition coefficient (Wildman–Crippen LogP) is 2.22. The summed E-state index contributed by atoms with van der Waals surface area (Å²) in [7, 11) is 1.78. The third-order valence-corrected chi connectivity index (χ3v) is 4.36. The molecule has 0 spiro atoms. The number of pyridine rings is 1. The quantitative estimate of drug-likeness (QED) is 0.455. The van der Waals surface area contributed by atoms with Gasteiger partial charge in [0, 0.05) is 38.4 Å². The molecule has 26 heavy (non-hydrogen) atoms. The summed E-state index contributed by atoms with van der Waals surface area (Å²) >= 11 is 0. The number of guanidine groups is 1. The average Bonchev–Trinajstić information content (AvgIpc) is 2.68. The van der Waals surface area contributed by atoms with Crippen LogP contribution in [0.5, 0.6) is 5.88 Å². The van der Waals surface area contributed by atoms with E-state index in [0.717, 1.165) is 43.9 Å². The summed E-state index contributed by atoms with van der Waals surface area (Å²) < 4.78 is 10.8. The van der Waals surface area contributed by atoms with Gasteiger partial charge in [0.15, 0.2) is 5.96 Å². The predicted molar refractivity (Wildman–Crippen MR) is 101 cm³/mol. The number of rotatable bonds is 7. The molecule has 1 aliphatic rings. The van der Waals surface area contributed by atoms with Crippen molar-refractivity contribution in [1.29, 1.82) is 0 Å². The fourth-order valence-corrected chi connectivity index (χ4v) is 2.98. The number of nitrogens with one attached hydrogen (secondary N) is 1. The first-order valence-corrected chi connectivity index (χ1v) is 9.38. The van der Waals surface area contributed by atoms with Gasteiger partial charge >= 0.3 is 5.97 Å². The van der Waals surface area contributed by atoms with Crippen LogP contribution in [0.3, 0.4) is 0 Å². The highest BCUT2D eigenvalue weighted by molar-refractivity contribution is 5.80. The standard InChI is InChI=1S/C19H30N4O3/c1-4-13-26-17-16(7-6-10-21-17)14-22-19(20-3)23-11-8-15(9-12-23)18(24)25-5-2/h6-7,10,15H,4-5,8-9,11-14H2,1-3H3,(H,20,22). The van der Waals surface area contributed by atoms with Crippen molar-refractivity contribution in [3.63, 3.8) is 0 Å². The van der Waals surface area contributed by atoms with Crippen molar-refractivity contribution in [2.75, 3.05) is 33.4 Å².